The number of carboxylic acids is 1. The third kappa shape index (κ3) is 3.32. The summed E-state index contributed by atoms with van der Waals surface area (Å²) in [7, 11) is 0. The average molecular weight is 282 g/mol. The molecule has 2 aliphatic heterocycles. The first-order valence-corrected chi connectivity index (χ1v) is 7.79. The second-order valence-electron chi connectivity index (χ2n) is 6.26. The highest BCUT2D eigenvalue weighted by molar-refractivity contribution is 5.80. The summed E-state index contributed by atoms with van der Waals surface area (Å²) in [5, 5.41) is 12.7. The van der Waals surface area contributed by atoms with Crippen molar-refractivity contribution in [2.75, 3.05) is 26.2 Å². The molecule has 2 fully saturated rings. The van der Waals surface area contributed by atoms with Gasteiger partial charge in [-0.3, -0.25) is 9.59 Å². The molecule has 0 aromatic carbocycles. The molecule has 0 bridgehead atoms. The van der Waals surface area contributed by atoms with E-state index in [1.54, 1.807) is 4.90 Å². The third-order valence-electron chi connectivity index (χ3n) is 5.00. The monoisotopic (exact) mass is 282 g/mol. The van der Waals surface area contributed by atoms with E-state index in [9.17, 15) is 14.7 Å². The maximum atomic E-state index is 12.2. The van der Waals surface area contributed by atoms with Gasteiger partial charge in [-0.2, -0.15) is 0 Å². The highest BCUT2D eigenvalue weighted by Crippen LogP contribution is 2.34. The van der Waals surface area contributed by atoms with Crippen molar-refractivity contribution < 1.29 is 14.7 Å². The van der Waals surface area contributed by atoms with Crippen molar-refractivity contribution in [2.45, 2.75) is 45.4 Å². The Morgan fingerprint density at radius 3 is 2.80 bits per heavy atom. The van der Waals surface area contributed by atoms with E-state index in [1.165, 1.54) is 12.8 Å². The molecular weight excluding hydrogens is 256 g/mol. The fraction of sp³-hybridized carbons (Fsp3) is 0.867. The maximum Gasteiger partial charge on any atom is 0.311 e. The van der Waals surface area contributed by atoms with Crippen LogP contribution in [0.25, 0.3) is 0 Å². The summed E-state index contributed by atoms with van der Waals surface area (Å²) in [5.41, 5.74) is -0.706. The van der Waals surface area contributed by atoms with Crippen molar-refractivity contribution in [1.82, 2.24) is 10.2 Å². The summed E-state index contributed by atoms with van der Waals surface area (Å²) in [4.78, 5) is 25.4. The molecule has 2 heterocycles. The number of piperidine rings is 1. The van der Waals surface area contributed by atoms with Gasteiger partial charge in [-0.05, 0) is 51.1 Å². The fourth-order valence-electron chi connectivity index (χ4n) is 3.36. The maximum absolute atomic E-state index is 12.2. The highest BCUT2D eigenvalue weighted by atomic mass is 16.4. The van der Waals surface area contributed by atoms with Gasteiger partial charge in [-0.15, -0.1) is 0 Å². The van der Waals surface area contributed by atoms with Crippen molar-refractivity contribution in [3.05, 3.63) is 0 Å². The van der Waals surface area contributed by atoms with Crippen LogP contribution in [0.15, 0.2) is 0 Å². The van der Waals surface area contributed by atoms with Crippen molar-refractivity contribution in [3.8, 4) is 0 Å². The largest absolute Gasteiger partial charge is 0.481 e. The Morgan fingerprint density at radius 2 is 2.25 bits per heavy atom. The van der Waals surface area contributed by atoms with Crippen LogP contribution in [0, 0.1) is 11.3 Å². The molecule has 2 saturated heterocycles. The third-order valence-corrected chi connectivity index (χ3v) is 5.00. The van der Waals surface area contributed by atoms with Gasteiger partial charge in [0.05, 0.1) is 5.41 Å². The zero-order chi connectivity index (χ0) is 14.6. The quantitative estimate of drug-likeness (QED) is 0.801. The van der Waals surface area contributed by atoms with Gasteiger partial charge >= 0.3 is 5.97 Å². The van der Waals surface area contributed by atoms with Crippen LogP contribution >= 0.6 is 0 Å². The molecule has 0 aromatic heterocycles. The van der Waals surface area contributed by atoms with E-state index < -0.39 is 11.4 Å². The Kier molecular flexibility index (Phi) is 5.02. The van der Waals surface area contributed by atoms with E-state index in [1.807, 2.05) is 6.92 Å². The van der Waals surface area contributed by atoms with Gasteiger partial charge in [-0.25, -0.2) is 0 Å². The zero-order valence-corrected chi connectivity index (χ0v) is 12.4. The van der Waals surface area contributed by atoms with Crippen molar-refractivity contribution >= 4 is 11.9 Å². The molecule has 2 atom stereocenters. The summed E-state index contributed by atoms with van der Waals surface area (Å²) in [6, 6.07) is 0. The van der Waals surface area contributed by atoms with Crippen LogP contribution in [-0.2, 0) is 9.59 Å². The van der Waals surface area contributed by atoms with E-state index >= 15 is 0 Å². The van der Waals surface area contributed by atoms with Crippen molar-refractivity contribution in [3.63, 3.8) is 0 Å². The van der Waals surface area contributed by atoms with Crippen molar-refractivity contribution in [1.29, 1.82) is 0 Å². The molecule has 0 saturated carbocycles. The van der Waals surface area contributed by atoms with Crippen LogP contribution < -0.4 is 5.32 Å². The van der Waals surface area contributed by atoms with E-state index in [-0.39, 0.29) is 5.91 Å². The molecule has 2 unspecified atom stereocenters. The van der Waals surface area contributed by atoms with E-state index in [0.717, 1.165) is 19.5 Å². The fourth-order valence-corrected chi connectivity index (χ4v) is 3.36. The number of rotatable bonds is 5. The second kappa shape index (κ2) is 6.57. The van der Waals surface area contributed by atoms with E-state index in [0.29, 0.717) is 38.3 Å². The number of carboxylic acid groups (broad SMARTS) is 1. The number of aliphatic carboxylic acids is 1. The van der Waals surface area contributed by atoms with Gasteiger partial charge in [-0.1, -0.05) is 6.92 Å². The number of nitrogens with one attached hydrogen (secondary N) is 1. The molecule has 0 radical (unpaired) electrons. The lowest BCUT2D eigenvalue weighted by molar-refractivity contribution is -0.148. The van der Waals surface area contributed by atoms with Crippen LogP contribution in [0.5, 0.6) is 0 Å². The molecule has 2 N–H and O–H groups in total. The normalized spacial score (nSPS) is 30.4. The summed E-state index contributed by atoms with van der Waals surface area (Å²) in [5.74, 6) is -0.0235. The first kappa shape index (κ1) is 15.3. The van der Waals surface area contributed by atoms with Gasteiger partial charge < -0.3 is 15.3 Å². The van der Waals surface area contributed by atoms with E-state index in [2.05, 4.69) is 5.32 Å². The first-order valence-electron chi connectivity index (χ1n) is 7.79. The van der Waals surface area contributed by atoms with Gasteiger partial charge in [0, 0.05) is 19.5 Å². The molecule has 0 aliphatic carbocycles. The predicted molar refractivity (Wildman–Crippen MR) is 76.4 cm³/mol. The van der Waals surface area contributed by atoms with Gasteiger partial charge in [0.2, 0.25) is 5.91 Å². The molecule has 0 spiro atoms. The summed E-state index contributed by atoms with van der Waals surface area (Å²) >= 11 is 0. The smallest absolute Gasteiger partial charge is 0.311 e. The minimum atomic E-state index is -0.758. The zero-order valence-electron chi connectivity index (χ0n) is 12.4. The van der Waals surface area contributed by atoms with Crippen LogP contribution in [-0.4, -0.2) is 48.1 Å². The van der Waals surface area contributed by atoms with Crippen LogP contribution in [0.3, 0.4) is 0 Å². The topological polar surface area (TPSA) is 69.6 Å². The Labute approximate surface area is 120 Å². The number of hydrogen-bond donors (Lipinski definition) is 2. The van der Waals surface area contributed by atoms with Crippen LogP contribution in [0.2, 0.25) is 0 Å². The minimum absolute atomic E-state index is 0.132. The number of hydrogen-bond acceptors (Lipinski definition) is 3. The summed E-state index contributed by atoms with van der Waals surface area (Å²) in [6.07, 6.45) is 5.07. The molecule has 2 rings (SSSR count). The number of amides is 1. The predicted octanol–water partition coefficient (Wildman–Crippen LogP) is 1.48. The van der Waals surface area contributed by atoms with Crippen LogP contribution in [0.1, 0.15) is 45.4 Å². The second-order valence-corrected chi connectivity index (χ2v) is 6.26. The van der Waals surface area contributed by atoms with Gasteiger partial charge in [0.15, 0.2) is 0 Å². The molecule has 5 nitrogen and oxygen atoms in total. The Bertz CT molecular complexity index is 366. The Morgan fingerprint density at radius 1 is 1.45 bits per heavy atom. The highest BCUT2D eigenvalue weighted by Gasteiger charge is 2.44. The Balaban J connectivity index is 1.80. The van der Waals surface area contributed by atoms with E-state index in [4.69, 9.17) is 0 Å². The lowest BCUT2D eigenvalue weighted by Crippen LogP contribution is -2.37. The molecule has 1 amide bonds. The SMILES string of the molecule is CCC1(C(=O)O)CCN(C(=O)CCC2CCCNC2)C1. The summed E-state index contributed by atoms with van der Waals surface area (Å²) < 4.78 is 0. The number of carbonyl (C=O) groups is 2. The molecular formula is C15H26N2O3. The lowest BCUT2D eigenvalue weighted by atomic mass is 9.84. The summed E-state index contributed by atoms with van der Waals surface area (Å²) in [6.45, 7) is 4.99. The molecule has 114 valence electrons. The molecule has 5 heteroatoms. The Hall–Kier alpha value is -1.10. The van der Waals surface area contributed by atoms with Gasteiger partial charge in [0.1, 0.15) is 0 Å². The molecule has 0 aromatic rings. The first-order chi connectivity index (χ1) is 9.57. The lowest BCUT2D eigenvalue weighted by Gasteiger charge is -2.25. The molecule has 2 aliphatic rings. The molecule has 20 heavy (non-hydrogen) atoms. The van der Waals surface area contributed by atoms with Gasteiger partial charge in [0.25, 0.3) is 0 Å². The standard InChI is InChI=1S/C15H26N2O3/c1-2-15(14(19)20)7-9-17(11-15)13(18)6-5-12-4-3-8-16-10-12/h12,16H,2-11H2,1H3,(H,19,20). The number of nitrogens with zero attached hydrogens (tertiary/aromatic N) is 1. The average Bonchev–Trinajstić information content (AvgIpc) is 2.92. The number of carbonyl (C=O) groups excluding carboxylic acids is 1. The van der Waals surface area contributed by atoms with Crippen molar-refractivity contribution in [2.24, 2.45) is 11.3 Å². The number of likely N-dealkylation sites (tertiary alicyclic amines) is 1. The minimum Gasteiger partial charge on any atom is -0.481 e. The van der Waals surface area contributed by atoms with Crippen LogP contribution in [0.4, 0.5) is 0 Å².